The molecule has 0 radical (unpaired) electrons. The van der Waals surface area contributed by atoms with Crippen LogP contribution in [0.25, 0.3) is 22.4 Å². The number of aromatic nitrogens is 1. The van der Waals surface area contributed by atoms with Crippen molar-refractivity contribution in [3.63, 3.8) is 0 Å². The molecule has 0 unspecified atom stereocenters. The Morgan fingerprint density at radius 1 is 0.949 bits per heavy atom. The van der Waals surface area contributed by atoms with Crippen LogP contribution in [-0.4, -0.2) is 51.8 Å². The minimum Gasteiger partial charge on any atom is -0.449 e. The van der Waals surface area contributed by atoms with Crippen LogP contribution >= 0.6 is 0 Å². The molecule has 6 nitrogen and oxygen atoms in total. The van der Waals surface area contributed by atoms with E-state index in [4.69, 9.17) is 9.40 Å². The first-order valence-electron chi connectivity index (χ1n) is 14.0. The fraction of sp³-hybridized carbons (Fsp3) is 0.531. The van der Waals surface area contributed by atoms with Crippen molar-refractivity contribution in [2.45, 2.75) is 72.3 Å². The zero-order chi connectivity index (χ0) is 28.1. The number of carbonyl (C=O) groups excluding carboxylic acids is 2. The first-order chi connectivity index (χ1) is 18.2. The third-order valence-electron chi connectivity index (χ3n) is 10.2. The lowest BCUT2D eigenvalue weighted by Gasteiger charge is -2.47. The number of halogens is 1. The number of piperazine rings is 1. The summed E-state index contributed by atoms with van der Waals surface area (Å²) in [6.07, 6.45) is 2.08. The number of hydrogen-bond acceptors (Lipinski definition) is 4. The van der Waals surface area contributed by atoms with Crippen molar-refractivity contribution < 1.29 is 18.4 Å². The van der Waals surface area contributed by atoms with Crippen LogP contribution in [0.2, 0.25) is 0 Å². The fourth-order valence-corrected chi connectivity index (χ4v) is 6.65. The molecule has 0 N–H and O–H groups in total. The second-order valence-corrected chi connectivity index (χ2v) is 13.9. The van der Waals surface area contributed by atoms with E-state index < -0.39 is 5.54 Å². The normalized spacial score (nSPS) is 22.7. The molecule has 3 heterocycles. The molecule has 2 aliphatic carbocycles. The van der Waals surface area contributed by atoms with E-state index in [0.717, 1.165) is 29.7 Å². The van der Waals surface area contributed by atoms with E-state index in [0.29, 0.717) is 30.7 Å². The van der Waals surface area contributed by atoms with Crippen LogP contribution in [-0.2, 0) is 10.2 Å². The highest BCUT2D eigenvalue weighted by atomic mass is 19.1. The summed E-state index contributed by atoms with van der Waals surface area (Å²) < 4.78 is 19.8. The van der Waals surface area contributed by atoms with Gasteiger partial charge in [-0.25, -0.2) is 9.37 Å². The first kappa shape index (κ1) is 26.0. The monoisotopic (exact) mass is 531 g/mol. The van der Waals surface area contributed by atoms with E-state index in [2.05, 4.69) is 34.6 Å². The van der Waals surface area contributed by atoms with Crippen molar-refractivity contribution in [1.82, 2.24) is 14.8 Å². The number of hydrogen-bond donors (Lipinski definition) is 0. The molecule has 2 saturated carbocycles. The van der Waals surface area contributed by atoms with Crippen molar-refractivity contribution in [2.75, 3.05) is 19.6 Å². The molecule has 1 aliphatic heterocycles. The topological polar surface area (TPSA) is 66.7 Å². The average molecular weight is 532 g/mol. The Morgan fingerprint density at radius 3 is 2.15 bits per heavy atom. The van der Waals surface area contributed by atoms with Gasteiger partial charge in [0.2, 0.25) is 5.91 Å². The molecule has 2 aromatic heterocycles. The smallest absolute Gasteiger partial charge is 0.290 e. The summed E-state index contributed by atoms with van der Waals surface area (Å²) in [6.45, 7) is 16.3. The SMILES string of the molecule is CC1(c2cc(-c3ccc(F)cc3)nc3cc(C(=O)N4CCN(C(=O)C5C(C)(C)C5(C)C)CC4(C)C)oc23)CC1. The number of rotatable bonds is 4. The number of fused-ring (bicyclic) bond motifs is 1. The second kappa shape index (κ2) is 8.15. The molecule has 3 aromatic rings. The van der Waals surface area contributed by atoms with E-state index >= 15 is 0 Å². The minimum absolute atomic E-state index is 0.00186. The second-order valence-electron chi connectivity index (χ2n) is 13.9. The fourth-order valence-electron chi connectivity index (χ4n) is 6.65. The minimum atomic E-state index is -0.550. The van der Waals surface area contributed by atoms with Crippen molar-refractivity contribution in [1.29, 1.82) is 0 Å². The van der Waals surface area contributed by atoms with Crippen LogP contribution in [0.3, 0.4) is 0 Å². The van der Waals surface area contributed by atoms with Gasteiger partial charge in [0.25, 0.3) is 5.91 Å². The number of benzene rings is 1. The van der Waals surface area contributed by atoms with Gasteiger partial charge >= 0.3 is 0 Å². The van der Waals surface area contributed by atoms with Crippen LogP contribution in [0.5, 0.6) is 0 Å². The molecule has 6 rings (SSSR count). The molecule has 0 atom stereocenters. The predicted octanol–water partition coefficient (Wildman–Crippen LogP) is 6.43. The van der Waals surface area contributed by atoms with Gasteiger partial charge in [0.15, 0.2) is 11.3 Å². The number of nitrogens with zero attached hydrogens (tertiary/aromatic N) is 3. The number of amides is 2. The van der Waals surface area contributed by atoms with Gasteiger partial charge in [0, 0.05) is 42.7 Å². The van der Waals surface area contributed by atoms with Crippen LogP contribution in [0, 0.1) is 22.6 Å². The van der Waals surface area contributed by atoms with Crippen molar-refractivity contribution in [3.05, 3.63) is 53.5 Å². The molecule has 206 valence electrons. The Hall–Kier alpha value is -3.22. The van der Waals surface area contributed by atoms with Gasteiger partial charge in [-0.05, 0) is 73.3 Å². The van der Waals surface area contributed by atoms with E-state index in [1.54, 1.807) is 18.2 Å². The van der Waals surface area contributed by atoms with Crippen LogP contribution < -0.4 is 0 Å². The third kappa shape index (κ3) is 3.99. The van der Waals surface area contributed by atoms with Crippen LogP contribution in [0.1, 0.15) is 77.4 Å². The van der Waals surface area contributed by atoms with Crippen molar-refractivity contribution in [2.24, 2.45) is 16.7 Å². The van der Waals surface area contributed by atoms with Gasteiger partial charge < -0.3 is 14.2 Å². The third-order valence-corrected chi connectivity index (χ3v) is 10.2. The molecule has 39 heavy (non-hydrogen) atoms. The van der Waals surface area contributed by atoms with Crippen LogP contribution in [0.4, 0.5) is 4.39 Å². The summed E-state index contributed by atoms with van der Waals surface area (Å²) >= 11 is 0. The molecule has 7 heteroatoms. The Bertz CT molecular complexity index is 1480. The summed E-state index contributed by atoms with van der Waals surface area (Å²) in [6, 6.07) is 10.1. The Balaban J connectivity index is 1.29. The maximum Gasteiger partial charge on any atom is 0.290 e. The summed E-state index contributed by atoms with van der Waals surface area (Å²) in [7, 11) is 0. The van der Waals surface area contributed by atoms with E-state index in [1.165, 1.54) is 12.1 Å². The van der Waals surface area contributed by atoms with Crippen LogP contribution in [0.15, 0.2) is 40.8 Å². The highest BCUT2D eigenvalue weighted by Gasteiger charge is 2.69. The van der Waals surface area contributed by atoms with Crippen molar-refractivity contribution >= 4 is 22.9 Å². The zero-order valence-corrected chi connectivity index (χ0v) is 24.0. The largest absolute Gasteiger partial charge is 0.449 e. The van der Waals surface area contributed by atoms with Gasteiger partial charge in [-0.1, -0.05) is 34.6 Å². The predicted molar refractivity (Wildman–Crippen MR) is 149 cm³/mol. The maximum absolute atomic E-state index is 13.8. The van der Waals surface area contributed by atoms with Gasteiger partial charge in [0.1, 0.15) is 11.3 Å². The van der Waals surface area contributed by atoms with Gasteiger partial charge in [-0.2, -0.15) is 0 Å². The Kier molecular flexibility index (Phi) is 5.44. The average Bonchev–Trinajstić information content (AvgIpc) is 3.60. The summed E-state index contributed by atoms with van der Waals surface area (Å²) in [5.74, 6) is -0.0286. The van der Waals surface area contributed by atoms with E-state index in [1.807, 2.05) is 29.7 Å². The van der Waals surface area contributed by atoms with E-state index in [-0.39, 0.29) is 45.6 Å². The molecule has 1 aromatic carbocycles. The van der Waals surface area contributed by atoms with Gasteiger partial charge in [-0.15, -0.1) is 0 Å². The number of furan rings is 1. The Labute approximate surface area is 229 Å². The zero-order valence-electron chi connectivity index (χ0n) is 24.0. The molecule has 3 fully saturated rings. The summed E-state index contributed by atoms with van der Waals surface area (Å²) in [5.41, 5.74) is 3.26. The summed E-state index contributed by atoms with van der Waals surface area (Å²) in [4.78, 5) is 35.8. The highest BCUT2D eigenvalue weighted by molar-refractivity contribution is 5.97. The highest BCUT2D eigenvalue weighted by Crippen LogP contribution is 2.68. The lowest BCUT2D eigenvalue weighted by Crippen LogP contribution is -2.62. The molecular formula is C32H38FN3O3. The maximum atomic E-state index is 13.8. The van der Waals surface area contributed by atoms with Gasteiger partial charge in [0.05, 0.1) is 11.2 Å². The molecule has 0 bridgehead atoms. The molecule has 1 saturated heterocycles. The number of pyridine rings is 1. The molecule has 3 aliphatic rings. The van der Waals surface area contributed by atoms with E-state index in [9.17, 15) is 14.0 Å². The summed E-state index contributed by atoms with van der Waals surface area (Å²) in [5, 5.41) is 0. The Morgan fingerprint density at radius 2 is 1.59 bits per heavy atom. The first-order valence-corrected chi connectivity index (χ1v) is 14.0. The van der Waals surface area contributed by atoms with Gasteiger partial charge in [-0.3, -0.25) is 9.59 Å². The lowest BCUT2D eigenvalue weighted by atomic mass is 9.96. The standard InChI is InChI=1S/C32H38FN3O3/c1-29(2)18-35(28(38)26-30(3,4)31(26,5)6)14-15-36(29)27(37)24-17-23-25(39-24)21(32(7)12-13-32)16-22(34-23)19-8-10-20(33)11-9-19/h8-11,16-17,26H,12-15,18H2,1-7H3. The molecular weight excluding hydrogens is 493 g/mol. The molecule has 2 amide bonds. The number of carbonyl (C=O) groups is 2. The molecule has 0 spiro atoms. The van der Waals surface area contributed by atoms with Crippen molar-refractivity contribution in [3.8, 4) is 11.3 Å². The quantitative estimate of drug-likeness (QED) is 0.389. The lowest BCUT2D eigenvalue weighted by molar-refractivity contribution is -0.138.